The molecule has 0 spiro atoms. The van der Waals surface area contributed by atoms with Crippen molar-refractivity contribution in [3.63, 3.8) is 0 Å². The molecule has 0 aromatic heterocycles. The van der Waals surface area contributed by atoms with Gasteiger partial charge in [0, 0.05) is 12.6 Å². The van der Waals surface area contributed by atoms with Gasteiger partial charge in [-0.25, -0.2) is 10.2 Å². The summed E-state index contributed by atoms with van der Waals surface area (Å²) >= 11 is 5.91. The molecule has 1 aliphatic heterocycles. The summed E-state index contributed by atoms with van der Waals surface area (Å²) in [5, 5.41) is 0.508. The van der Waals surface area contributed by atoms with Gasteiger partial charge < -0.3 is 9.64 Å². The van der Waals surface area contributed by atoms with Crippen molar-refractivity contribution in [3.8, 4) is 18.1 Å². The maximum absolute atomic E-state index is 14.2. The van der Waals surface area contributed by atoms with Gasteiger partial charge in [-0.05, 0) is 19.1 Å². The fourth-order valence-corrected chi connectivity index (χ4v) is 2.36. The van der Waals surface area contributed by atoms with E-state index >= 15 is 0 Å². The molecule has 2 rings (SSSR count). The number of anilines is 1. The zero-order valence-electron chi connectivity index (χ0n) is 12.6. The summed E-state index contributed by atoms with van der Waals surface area (Å²) in [7, 11) is 0. The van der Waals surface area contributed by atoms with E-state index in [-0.39, 0.29) is 29.7 Å². The van der Waals surface area contributed by atoms with Gasteiger partial charge in [-0.15, -0.1) is 6.42 Å². The van der Waals surface area contributed by atoms with Crippen LogP contribution in [0.25, 0.3) is 0 Å². The van der Waals surface area contributed by atoms with Gasteiger partial charge in [0.2, 0.25) is 0 Å². The Morgan fingerprint density at radius 3 is 2.62 bits per heavy atom. The van der Waals surface area contributed by atoms with Crippen molar-refractivity contribution in [1.82, 2.24) is 5.01 Å². The standard InChI is InChI=1S/C15H14ClF4N3O/c1-3-9(2)24-13-7-12(11(17)6-10(13)16)22-5-4-14(15(18,19)20)23(21)8-22/h1,4,6-7,9H,5,8,21H2,2H3. The largest absolute Gasteiger partial charge is 0.476 e. The van der Waals surface area contributed by atoms with Crippen LogP contribution in [0.2, 0.25) is 5.02 Å². The third-order valence-corrected chi connectivity index (χ3v) is 3.60. The fraction of sp³-hybridized carbons (Fsp3) is 0.333. The Kier molecular flexibility index (Phi) is 5.16. The molecular formula is C15H14ClF4N3O. The van der Waals surface area contributed by atoms with Crippen molar-refractivity contribution in [1.29, 1.82) is 0 Å². The van der Waals surface area contributed by atoms with E-state index in [9.17, 15) is 17.6 Å². The summed E-state index contributed by atoms with van der Waals surface area (Å²) in [6.07, 6.45) is 0.912. The Balaban J connectivity index is 2.32. The van der Waals surface area contributed by atoms with E-state index in [0.29, 0.717) is 5.01 Å². The van der Waals surface area contributed by atoms with E-state index in [2.05, 4.69) is 5.92 Å². The zero-order chi connectivity index (χ0) is 18.1. The Morgan fingerprint density at radius 1 is 1.42 bits per heavy atom. The molecule has 0 amide bonds. The molecule has 0 saturated carbocycles. The van der Waals surface area contributed by atoms with E-state index < -0.39 is 23.8 Å². The van der Waals surface area contributed by atoms with Gasteiger partial charge in [-0.1, -0.05) is 17.5 Å². The molecular weight excluding hydrogens is 350 g/mol. The van der Waals surface area contributed by atoms with E-state index in [1.54, 1.807) is 6.92 Å². The quantitative estimate of drug-likeness (QED) is 0.508. The topological polar surface area (TPSA) is 41.7 Å². The number of hydrogen-bond acceptors (Lipinski definition) is 4. The molecule has 4 nitrogen and oxygen atoms in total. The average molecular weight is 364 g/mol. The van der Waals surface area contributed by atoms with Crippen LogP contribution in [0.4, 0.5) is 23.2 Å². The first-order chi connectivity index (χ1) is 11.1. The number of rotatable bonds is 3. The van der Waals surface area contributed by atoms with Gasteiger partial charge in [-0.3, -0.25) is 5.01 Å². The highest BCUT2D eigenvalue weighted by Crippen LogP contribution is 2.35. The van der Waals surface area contributed by atoms with Crippen LogP contribution in [-0.2, 0) is 0 Å². The van der Waals surface area contributed by atoms with Gasteiger partial charge in [0.05, 0.1) is 10.7 Å². The average Bonchev–Trinajstić information content (AvgIpc) is 2.48. The van der Waals surface area contributed by atoms with Crippen molar-refractivity contribution >= 4 is 17.3 Å². The molecule has 1 aliphatic rings. The highest BCUT2D eigenvalue weighted by atomic mass is 35.5. The van der Waals surface area contributed by atoms with Crippen molar-refractivity contribution in [2.45, 2.75) is 19.2 Å². The maximum atomic E-state index is 14.2. The van der Waals surface area contributed by atoms with E-state index in [4.69, 9.17) is 28.6 Å². The van der Waals surface area contributed by atoms with E-state index in [1.807, 2.05) is 0 Å². The molecule has 1 heterocycles. The van der Waals surface area contributed by atoms with Crippen LogP contribution in [0.3, 0.4) is 0 Å². The molecule has 1 aromatic rings. The number of halogens is 5. The molecule has 0 bridgehead atoms. The summed E-state index contributed by atoms with van der Waals surface area (Å²) in [5.74, 6) is 7.16. The minimum absolute atomic E-state index is 0.00601. The molecule has 1 unspecified atom stereocenters. The van der Waals surface area contributed by atoms with Crippen molar-refractivity contribution < 1.29 is 22.3 Å². The second-order valence-corrected chi connectivity index (χ2v) is 5.49. The maximum Gasteiger partial charge on any atom is 0.432 e. The first-order valence-corrected chi connectivity index (χ1v) is 7.17. The molecule has 0 radical (unpaired) electrons. The summed E-state index contributed by atoms with van der Waals surface area (Å²) < 4.78 is 57.8. The van der Waals surface area contributed by atoms with Crippen LogP contribution in [-0.4, -0.2) is 30.5 Å². The van der Waals surface area contributed by atoms with Gasteiger partial charge >= 0.3 is 6.18 Å². The van der Waals surface area contributed by atoms with E-state index in [0.717, 1.165) is 12.1 Å². The lowest BCUT2D eigenvalue weighted by Gasteiger charge is -2.36. The van der Waals surface area contributed by atoms with Gasteiger partial charge in [-0.2, -0.15) is 13.2 Å². The van der Waals surface area contributed by atoms with Crippen LogP contribution in [0.1, 0.15) is 6.92 Å². The minimum atomic E-state index is -4.57. The van der Waals surface area contributed by atoms with Crippen molar-refractivity contribution in [2.75, 3.05) is 18.1 Å². The van der Waals surface area contributed by atoms with Crippen LogP contribution >= 0.6 is 11.6 Å². The van der Waals surface area contributed by atoms with Crippen LogP contribution in [0.15, 0.2) is 23.9 Å². The highest BCUT2D eigenvalue weighted by Gasteiger charge is 2.39. The Hall–Kier alpha value is -2.11. The number of terminal acetylenes is 1. The molecule has 1 atom stereocenters. The first kappa shape index (κ1) is 18.2. The zero-order valence-corrected chi connectivity index (χ0v) is 13.3. The van der Waals surface area contributed by atoms with Crippen LogP contribution < -0.4 is 15.5 Å². The number of nitrogens with zero attached hydrogens (tertiary/aromatic N) is 2. The summed E-state index contributed by atoms with van der Waals surface area (Å²) in [5.41, 5.74) is -0.975. The highest BCUT2D eigenvalue weighted by molar-refractivity contribution is 6.32. The number of allylic oxidation sites excluding steroid dienone is 1. The smallest absolute Gasteiger partial charge is 0.432 e. The molecule has 2 N–H and O–H groups in total. The van der Waals surface area contributed by atoms with Gasteiger partial charge in [0.15, 0.2) is 6.10 Å². The second kappa shape index (κ2) is 6.79. The van der Waals surface area contributed by atoms with Crippen LogP contribution in [0, 0.1) is 18.2 Å². The number of ether oxygens (including phenoxy) is 1. The monoisotopic (exact) mass is 363 g/mol. The van der Waals surface area contributed by atoms with Crippen molar-refractivity contribution in [2.24, 2.45) is 5.84 Å². The first-order valence-electron chi connectivity index (χ1n) is 6.80. The minimum Gasteiger partial charge on any atom is -0.476 e. The summed E-state index contributed by atoms with van der Waals surface area (Å²) in [4.78, 5) is 1.31. The Morgan fingerprint density at radius 2 is 2.08 bits per heavy atom. The molecule has 0 saturated heterocycles. The lowest BCUT2D eigenvalue weighted by molar-refractivity contribution is -0.113. The summed E-state index contributed by atoms with van der Waals surface area (Å²) in [6, 6.07) is 2.30. The molecule has 1 aromatic carbocycles. The third kappa shape index (κ3) is 3.86. The number of hydrazine groups is 1. The SMILES string of the molecule is C#CC(C)Oc1cc(N2CC=C(C(F)(F)F)N(N)C2)c(F)cc1Cl. The fourth-order valence-electron chi connectivity index (χ4n) is 2.16. The normalized spacial score (nSPS) is 16.5. The summed E-state index contributed by atoms with van der Waals surface area (Å²) in [6.45, 7) is 1.07. The lowest BCUT2D eigenvalue weighted by atomic mass is 10.2. The Bertz CT molecular complexity index is 699. The van der Waals surface area contributed by atoms with Crippen LogP contribution in [0.5, 0.6) is 5.75 Å². The number of benzene rings is 1. The number of nitrogens with two attached hydrogens (primary N) is 1. The molecule has 0 fully saturated rings. The number of hydrogen-bond donors (Lipinski definition) is 1. The predicted octanol–water partition coefficient (Wildman–Crippen LogP) is 3.28. The molecule has 0 aliphatic carbocycles. The van der Waals surface area contributed by atoms with Gasteiger partial charge in [0.1, 0.15) is 23.9 Å². The van der Waals surface area contributed by atoms with Crippen molar-refractivity contribution in [3.05, 3.63) is 34.7 Å². The Labute approximate surface area is 141 Å². The molecule has 130 valence electrons. The lowest BCUT2D eigenvalue weighted by Crippen LogP contribution is -2.49. The second-order valence-electron chi connectivity index (χ2n) is 5.08. The van der Waals surface area contributed by atoms with E-state index in [1.165, 1.54) is 11.0 Å². The predicted molar refractivity (Wildman–Crippen MR) is 82.7 cm³/mol. The third-order valence-electron chi connectivity index (χ3n) is 3.31. The molecule has 9 heteroatoms. The molecule has 24 heavy (non-hydrogen) atoms. The van der Waals surface area contributed by atoms with Gasteiger partial charge in [0.25, 0.3) is 0 Å². The number of alkyl halides is 3.